The van der Waals surface area contributed by atoms with Gasteiger partial charge in [0.05, 0.1) is 12.7 Å². The molecule has 0 aliphatic heterocycles. The molecule has 1 fully saturated rings. The predicted molar refractivity (Wildman–Crippen MR) is 75.7 cm³/mol. The van der Waals surface area contributed by atoms with Crippen molar-refractivity contribution in [3.8, 4) is 0 Å². The molecule has 0 aromatic heterocycles. The van der Waals surface area contributed by atoms with Crippen LogP contribution in [0.1, 0.15) is 62.2 Å². The molecule has 0 heterocycles. The lowest BCUT2D eigenvalue weighted by Crippen LogP contribution is -2.11. The van der Waals surface area contributed by atoms with Crippen molar-refractivity contribution in [1.29, 1.82) is 0 Å². The summed E-state index contributed by atoms with van der Waals surface area (Å²) in [4.78, 5) is 0. The molecule has 0 spiro atoms. The topological polar surface area (TPSA) is 35.2 Å². The highest BCUT2D eigenvalue weighted by Gasteiger charge is 2.15. The van der Waals surface area contributed by atoms with Gasteiger partial charge in [-0.2, -0.15) is 0 Å². The molecule has 0 radical (unpaired) electrons. The van der Waals surface area contributed by atoms with E-state index in [1.807, 2.05) is 0 Å². The molecule has 1 aliphatic rings. The quantitative estimate of drug-likeness (QED) is 0.859. The van der Waals surface area contributed by atoms with Gasteiger partial charge in [-0.3, -0.25) is 0 Å². The molecule has 1 saturated carbocycles. The lowest BCUT2D eigenvalue weighted by atomic mass is 9.84. The van der Waals surface area contributed by atoms with E-state index in [1.54, 1.807) is 0 Å². The number of ether oxygens (including phenoxy) is 1. The Bertz CT molecular complexity index is 341. The van der Waals surface area contributed by atoms with Gasteiger partial charge in [0.25, 0.3) is 0 Å². The SMILES string of the molecule is CC(OCCN)c1ccc(C2CCCCC2)cc1. The minimum atomic E-state index is 0.147. The Hall–Kier alpha value is -0.860. The van der Waals surface area contributed by atoms with Crippen molar-refractivity contribution < 1.29 is 4.74 Å². The van der Waals surface area contributed by atoms with Crippen LogP contribution in [0.15, 0.2) is 24.3 Å². The molecule has 0 saturated heterocycles. The molecule has 18 heavy (non-hydrogen) atoms. The van der Waals surface area contributed by atoms with E-state index in [0.717, 1.165) is 5.92 Å². The van der Waals surface area contributed by atoms with Crippen molar-refractivity contribution >= 4 is 0 Å². The molecule has 0 amide bonds. The van der Waals surface area contributed by atoms with Crippen LogP contribution in [0.25, 0.3) is 0 Å². The van der Waals surface area contributed by atoms with Gasteiger partial charge in [-0.25, -0.2) is 0 Å². The fourth-order valence-electron chi connectivity index (χ4n) is 2.82. The number of nitrogens with two attached hydrogens (primary N) is 1. The summed E-state index contributed by atoms with van der Waals surface area (Å²) in [5, 5.41) is 0. The van der Waals surface area contributed by atoms with Crippen molar-refractivity contribution in [2.24, 2.45) is 5.73 Å². The summed E-state index contributed by atoms with van der Waals surface area (Å²) in [5.74, 6) is 0.785. The Kier molecular flexibility index (Phi) is 5.21. The number of benzene rings is 1. The number of hydrogen-bond acceptors (Lipinski definition) is 2. The van der Waals surface area contributed by atoms with E-state index in [0.29, 0.717) is 13.2 Å². The molecule has 1 aromatic carbocycles. The maximum atomic E-state index is 5.64. The summed E-state index contributed by atoms with van der Waals surface area (Å²) in [6, 6.07) is 9.00. The van der Waals surface area contributed by atoms with Crippen LogP contribution >= 0.6 is 0 Å². The van der Waals surface area contributed by atoms with Gasteiger partial charge in [-0.05, 0) is 36.8 Å². The highest BCUT2D eigenvalue weighted by molar-refractivity contribution is 5.26. The third-order valence-corrected chi connectivity index (χ3v) is 3.97. The van der Waals surface area contributed by atoms with E-state index in [9.17, 15) is 0 Å². The van der Waals surface area contributed by atoms with Crippen LogP contribution in [0, 0.1) is 0 Å². The highest BCUT2D eigenvalue weighted by atomic mass is 16.5. The molecule has 1 aliphatic carbocycles. The zero-order valence-corrected chi connectivity index (χ0v) is 11.4. The van der Waals surface area contributed by atoms with Gasteiger partial charge in [0.1, 0.15) is 0 Å². The van der Waals surface area contributed by atoms with E-state index in [1.165, 1.54) is 43.2 Å². The summed E-state index contributed by atoms with van der Waals surface area (Å²) in [7, 11) is 0. The van der Waals surface area contributed by atoms with Crippen LogP contribution in [0.2, 0.25) is 0 Å². The Balaban J connectivity index is 1.95. The van der Waals surface area contributed by atoms with Gasteiger partial charge in [-0.1, -0.05) is 43.5 Å². The molecule has 1 atom stereocenters. The molecule has 2 rings (SSSR count). The molecule has 100 valence electrons. The standard InChI is InChI=1S/C16H25NO/c1-13(18-12-11-17)14-7-9-16(10-8-14)15-5-3-2-4-6-15/h7-10,13,15H,2-6,11-12,17H2,1H3. The first-order valence-electron chi connectivity index (χ1n) is 7.23. The molecule has 1 aromatic rings. The Morgan fingerprint density at radius 1 is 1.17 bits per heavy atom. The summed E-state index contributed by atoms with van der Waals surface area (Å²) in [6.45, 7) is 3.31. The lowest BCUT2D eigenvalue weighted by molar-refractivity contribution is 0.0718. The van der Waals surface area contributed by atoms with Crippen LogP contribution in [-0.2, 0) is 4.74 Å². The van der Waals surface area contributed by atoms with Crippen LogP contribution in [0.5, 0.6) is 0 Å². The number of hydrogen-bond donors (Lipinski definition) is 1. The fraction of sp³-hybridized carbons (Fsp3) is 0.625. The molecular weight excluding hydrogens is 222 g/mol. The fourth-order valence-corrected chi connectivity index (χ4v) is 2.82. The highest BCUT2D eigenvalue weighted by Crippen LogP contribution is 2.33. The summed E-state index contributed by atoms with van der Waals surface area (Å²) < 4.78 is 5.64. The van der Waals surface area contributed by atoms with Gasteiger partial charge in [0.2, 0.25) is 0 Å². The minimum absolute atomic E-state index is 0.147. The first kappa shape index (κ1) is 13.6. The predicted octanol–water partition coefficient (Wildman–Crippen LogP) is 3.77. The third kappa shape index (κ3) is 3.56. The largest absolute Gasteiger partial charge is 0.373 e. The van der Waals surface area contributed by atoms with Crippen molar-refractivity contribution in [3.05, 3.63) is 35.4 Å². The minimum Gasteiger partial charge on any atom is -0.373 e. The van der Waals surface area contributed by atoms with E-state index >= 15 is 0 Å². The molecular formula is C16H25NO. The summed E-state index contributed by atoms with van der Waals surface area (Å²) in [6.07, 6.45) is 7.06. The van der Waals surface area contributed by atoms with E-state index in [2.05, 4.69) is 31.2 Å². The van der Waals surface area contributed by atoms with Gasteiger partial charge in [-0.15, -0.1) is 0 Å². The zero-order chi connectivity index (χ0) is 12.8. The normalized spacial score (nSPS) is 18.8. The van der Waals surface area contributed by atoms with Gasteiger partial charge in [0.15, 0.2) is 0 Å². The van der Waals surface area contributed by atoms with E-state index < -0.39 is 0 Å². The zero-order valence-electron chi connectivity index (χ0n) is 11.4. The second kappa shape index (κ2) is 6.91. The average molecular weight is 247 g/mol. The Morgan fingerprint density at radius 3 is 2.44 bits per heavy atom. The van der Waals surface area contributed by atoms with Gasteiger partial charge >= 0.3 is 0 Å². The van der Waals surface area contributed by atoms with Crippen LogP contribution in [0.4, 0.5) is 0 Å². The van der Waals surface area contributed by atoms with Crippen LogP contribution in [0.3, 0.4) is 0 Å². The first-order valence-corrected chi connectivity index (χ1v) is 7.23. The molecule has 2 N–H and O–H groups in total. The molecule has 2 heteroatoms. The second-order valence-corrected chi connectivity index (χ2v) is 5.30. The van der Waals surface area contributed by atoms with Crippen molar-refractivity contribution in [1.82, 2.24) is 0 Å². The third-order valence-electron chi connectivity index (χ3n) is 3.97. The van der Waals surface area contributed by atoms with E-state index in [-0.39, 0.29) is 6.10 Å². The number of rotatable bonds is 5. The van der Waals surface area contributed by atoms with Crippen molar-refractivity contribution in [2.45, 2.75) is 51.0 Å². The van der Waals surface area contributed by atoms with Gasteiger partial charge in [0, 0.05) is 6.54 Å². The smallest absolute Gasteiger partial charge is 0.0797 e. The second-order valence-electron chi connectivity index (χ2n) is 5.30. The van der Waals surface area contributed by atoms with Crippen LogP contribution in [-0.4, -0.2) is 13.2 Å². The Morgan fingerprint density at radius 2 is 1.83 bits per heavy atom. The van der Waals surface area contributed by atoms with Crippen molar-refractivity contribution in [3.63, 3.8) is 0 Å². The molecule has 0 bridgehead atoms. The maximum Gasteiger partial charge on any atom is 0.0797 e. The molecule has 1 unspecified atom stereocenters. The summed E-state index contributed by atoms with van der Waals surface area (Å²) >= 11 is 0. The van der Waals surface area contributed by atoms with Crippen molar-refractivity contribution in [2.75, 3.05) is 13.2 Å². The molecule has 2 nitrogen and oxygen atoms in total. The van der Waals surface area contributed by atoms with Crippen LogP contribution < -0.4 is 5.73 Å². The monoisotopic (exact) mass is 247 g/mol. The van der Waals surface area contributed by atoms with E-state index in [4.69, 9.17) is 10.5 Å². The summed E-state index contributed by atoms with van der Waals surface area (Å²) in [5.41, 5.74) is 8.21. The maximum absolute atomic E-state index is 5.64. The lowest BCUT2D eigenvalue weighted by Gasteiger charge is -2.22. The van der Waals surface area contributed by atoms with Gasteiger partial charge < -0.3 is 10.5 Å². The Labute approximate surface area is 111 Å². The first-order chi connectivity index (χ1) is 8.81. The average Bonchev–Trinajstić information content (AvgIpc) is 2.46.